The van der Waals surface area contributed by atoms with E-state index in [1.807, 2.05) is 36.6 Å². The van der Waals surface area contributed by atoms with Crippen LogP contribution in [0.15, 0.2) is 45.1 Å². The molecule has 1 aromatic heterocycles. The highest BCUT2D eigenvalue weighted by Crippen LogP contribution is 2.21. The van der Waals surface area contributed by atoms with Crippen LogP contribution in [-0.4, -0.2) is 5.91 Å². The largest absolute Gasteiger partial charge is 0.345 e. The summed E-state index contributed by atoms with van der Waals surface area (Å²) in [4.78, 5) is 13.5. The van der Waals surface area contributed by atoms with Crippen LogP contribution >= 0.6 is 39.9 Å². The summed E-state index contributed by atoms with van der Waals surface area (Å²) < 4.78 is 1.01. The standard InChI is InChI=1S/C13H12BrNOS2/c1-8(9-3-2-4-10(14)5-9)15-13(16)12-6-11(17)7-18-12/h2-8,17H,1H3,(H,15,16). The molecular formula is C13H12BrNOS2. The van der Waals surface area contributed by atoms with Gasteiger partial charge in [0.05, 0.1) is 10.9 Å². The molecule has 0 aliphatic carbocycles. The maximum Gasteiger partial charge on any atom is 0.261 e. The molecule has 1 N–H and O–H groups in total. The van der Waals surface area contributed by atoms with Crippen LogP contribution in [0.3, 0.4) is 0 Å². The van der Waals surface area contributed by atoms with Crippen molar-refractivity contribution in [2.45, 2.75) is 17.9 Å². The van der Waals surface area contributed by atoms with Gasteiger partial charge in [0.2, 0.25) is 0 Å². The number of carbonyl (C=O) groups excluding carboxylic acids is 1. The third kappa shape index (κ3) is 3.37. The molecule has 2 rings (SSSR count). The molecule has 5 heteroatoms. The molecule has 0 aliphatic heterocycles. The van der Waals surface area contributed by atoms with Gasteiger partial charge in [-0.3, -0.25) is 4.79 Å². The fraction of sp³-hybridized carbons (Fsp3) is 0.154. The predicted molar refractivity (Wildman–Crippen MR) is 81.6 cm³/mol. The zero-order valence-electron chi connectivity index (χ0n) is 9.68. The topological polar surface area (TPSA) is 29.1 Å². The van der Waals surface area contributed by atoms with Crippen molar-refractivity contribution in [3.63, 3.8) is 0 Å². The van der Waals surface area contributed by atoms with Crippen LogP contribution in [0.5, 0.6) is 0 Å². The van der Waals surface area contributed by atoms with Gasteiger partial charge in [0.25, 0.3) is 5.91 Å². The number of rotatable bonds is 3. The second-order valence-electron chi connectivity index (χ2n) is 3.92. The lowest BCUT2D eigenvalue weighted by molar-refractivity contribution is 0.0944. The normalized spacial score (nSPS) is 12.2. The first-order valence-electron chi connectivity index (χ1n) is 5.40. The summed E-state index contributed by atoms with van der Waals surface area (Å²) in [6, 6.07) is 9.66. The van der Waals surface area contributed by atoms with Crippen molar-refractivity contribution in [1.82, 2.24) is 5.32 Å². The molecule has 0 aliphatic rings. The van der Waals surface area contributed by atoms with Gasteiger partial charge in [-0.2, -0.15) is 0 Å². The summed E-state index contributed by atoms with van der Waals surface area (Å²) in [6.07, 6.45) is 0. The first kappa shape index (κ1) is 13.6. The summed E-state index contributed by atoms with van der Waals surface area (Å²) in [5, 5.41) is 4.82. The van der Waals surface area contributed by atoms with Gasteiger partial charge in [0, 0.05) is 14.7 Å². The number of hydrogen-bond donors (Lipinski definition) is 2. The summed E-state index contributed by atoms with van der Waals surface area (Å²) in [5.74, 6) is -0.0622. The van der Waals surface area contributed by atoms with E-state index in [0.717, 1.165) is 14.9 Å². The van der Waals surface area contributed by atoms with E-state index in [-0.39, 0.29) is 11.9 Å². The molecule has 94 valence electrons. The molecule has 1 heterocycles. The van der Waals surface area contributed by atoms with Crippen LogP contribution in [0.1, 0.15) is 28.2 Å². The summed E-state index contributed by atoms with van der Waals surface area (Å²) >= 11 is 9.02. The van der Waals surface area contributed by atoms with Gasteiger partial charge in [-0.05, 0) is 30.7 Å². The van der Waals surface area contributed by atoms with Gasteiger partial charge in [-0.1, -0.05) is 28.1 Å². The zero-order valence-corrected chi connectivity index (χ0v) is 13.0. The SMILES string of the molecule is CC(NC(=O)c1cc(S)cs1)c1cccc(Br)c1. The second-order valence-corrected chi connectivity index (χ2v) is 6.26. The molecule has 1 aromatic carbocycles. The number of hydrogen-bond acceptors (Lipinski definition) is 3. The Morgan fingerprint density at radius 1 is 1.44 bits per heavy atom. The van der Waals surface area contributed by atoms with Crippen LogP contribution in [0.2, 0.25) is 0 Å². The molecule has 2 nitrogen and oxygen atoms in total. The first-order chi connectivity index (χ1) is 8.56. The lowest BCUT2D eigenvalue weighted by Gasteiger charge is -2.13. The van der Waals surface area contributed by atoms with Crippen LogP contribution in [0.4, 0.5) is 0 Å². The first-order valence-corrected chi connectivity index (χ1v) is 7.52. The monoisotopic (exact) mass is 341 g/mol. The number of thiophene rings is 1. The van der Waals surface area contributed by atoms with E-state index in [1.165, 1.54) is 11.3 Å². The van der Waals surface area contributed by atoms with Crippen LogP contribution in [-0.2, 0) is 0 Å². The molecular weight excluding hydrogens is 330 g/mol. The molecule has 1 amide bonds. The molecule has 0 radical (unpaired) electrons. The lowest BCUT2D eigenvalue weighted by Crippen LogP contribution is -2.25. The maximum atomic E-state index is 12.0. The van der Waals surface area contributed by atoms with Crippen LogP contribution in [0.25, 0.3) is 0 Å². The van der Waals surface area contributed by atoms with E-state index < -0.39 is 0 Å². The third-order valence-electron chi connectivity index (χ3n) is 2.51. The van der Waals surface area contributed by atoms with Crippen molar-refractivity contribution in [2.24, 2.45) is 0 Å². The van der Waals surface area contributed by atoms with Gasteiger partial charge >= 0.3 is 0 Å². The second kappa shape index (κ2) is 5.91. The van der Waals surface area contributed by atoms with Crippen LogP contribution in [0, 0.1) is 0 Å². The molecule has 0 bridgehead atoms. The number of nitrogens with one attached hydrogen (secondary N) is 1. The number of halogens is 1. The Morgan fingerprint density at radius 2 is 2.22 bits per heavy atom. The van der Waals surface area contributed by atoms with E-state index in [4.69, 9.17) is 0 Å². The van der Waals surface area contributed by atoms with E-state index in [0.29, 0.717) is 4.88 Å². The minimum absolute atomic E-state index is 0.0273. The van der Waals surface area contributed by atoms with E-state index in [2.05, 4.69) is 33.9 Å². The van der Waals surface area contributed by atoms with E-state index in [9.17, 15) is 4.79 Å². The molecule has 0 fully saturated rings. The highest BCUT2D eigenvalue weighted by atomic mass is 79.9. The van der Waals surface area contributed by atoms with Crippen molar-refractivity contribution in [3.05, 3.63) is 50.6 Å². The summed E-state index contributed by atoms with van der Waals surface area (Å²) in [5.41, 5.74) is 1.07. The Labute approximate surface area is 124 Å². The third-order valence-corrected chi connectivity index (χ3v) is 4.36. The molecule has 1 unspecified atom stereocenters. The van der Waals surface area contributed by atoms with E-state index >= 15 is 0 Å². The van der Waals surface area contributed by atoms with Crippen molar-refractivity contribution in [1.29, 1.82) is 0 Å². The highest BCUT2D eigenvalue weighted by molar-refractivity contribution is 9.10. The Balaban J connectivity index is 2.07. The highest BCUT2D eigenvalue weighted by Gasteiger charge is 2.13. The van der Waals surface area contributed by atoms with Gasteiger partial charge in [-0.15, -0.1) is 24.0 Å². The average molecular weight is 342 g/mol. The maximum absolute atomic E-state index is 12.0. The molecule has 0 spiro atoms. The molecule has 0 saturated heterocycles. The fourth-order valence-corrected chi connectivity index (χ4v) is 3.04. The Kier molecular flexibility index (Phi) is 4.48. The van der Waals surface area contributed by atoms with Crippen LogP contribution < -0.4 is 5.32 Å². The molecule has 2 aromatic rings. The number of thiol groups is 1. The summed E-state index contributed by atoms with van der Waals surface area (Å²) in [6.45, 7) is 1.97. The minimum atomic E-state index is -0.0622. The number of amides is 1. The van der Waals surface area contributed by atoms with Gasteiger partial charge in [-0.25, -0.2) is 0 Å². The Hall–Kier alpha value is -0.780. The zero-order chi connectivity index (χ0) is 13.1. The number of carbonyl (C=O) groups is 1. The molecule has 0 saturated carbocycles. The minimum Gasteiger partial charge on any atom is -0.345 e. The Bertz CT molecular complexity index is 568. The van der Waals surface area contributed by atoms with Gasteiger partial charge in [0.1, 0.15) is 0 Å². The Morgan fingerprint density at radius 3 is 2.83 bits per heavy atom. The van der Waals surface area contributed by atoms with Crippen molar-refractivity contribution < 1.29 is 4.79 Å². The lowest BCUT2D eigenvalue weighted by atomic mass is 10.1. The summed E-state index contributed by atoms with van der Waals surface area (Å²) in [7, 11) is 0. The van der Waals surface area contributed by atoms with E-state index in [1.54, 1.807) is 6.07 Å². The average Bonchev–Trinajstić information content (AvgIpc) is 2.76. The van der Waals surface area contributed by atoms with Gasteiger partial charge < -0.3 is 5.32 Å². The van der Waals surface area contributed by atoms with Crippen molar-refractivity contribution in [3.8, 4) is 0 Å². The van der Waals surface area contributed by atoms with Gasteiger partial charge in [0.15, 0.2) is 0 Å². The van der Waals surface area contributed by atoms with Crippen molar-refractivity contribution in [2.75, 3.05) is 0 Å². The fourth-order valence-electron chi connectivity index (χ4n) is 1.57. The predicted octanol–water partition coefficient (Wildman–Crippen LogP) is 4.29. The smallest absolute Gasteiger partial charge is 0.261 e. The quantitative estimate of drug-likeness (QED) is 0.801. The number of benzene rings is 1. The van der Waals surface area contributed by atoms with Crippen molar-refractivity contribution >= 4 is 45.8 Å². The molecule has 18 heavy (non-hydrogen) atoms. The molecule has 1 atom stereocenters.